The highest BCUT2D eigenvalue weighted by Crippen LogP contribution is 2.28. The summed E-state index contributed by atoms with van der Waals surface area (Å²) in [6, 6.07) is 13.8. The van der Waals surface area contributed by atoms with Crippen LogP contribution in [-0.4, -0.2) is 23.8 Å². The summed E-state index contributed by atoms with van der Waals surface area (Å²) in [5, 5.41) is 9.39. The molecule has 0 aliphatic heterocycles. The molecule has 1 N–H and O–H groups in total. The number of benzene rings is 2. The predicted molar refractivity (Wildman–Crippen MR) is 96.2 cm³/mol. The van der Waals surface area contributed by atoms with Gasteiger partial charge in [-0.3, -0.25) is 4.79 Å². The Bertz CT molecular complexity index is 744. The van der Waals surface area contributed by atoms with Crippen LogP contribution in [0.1, 0.15) is 29.5 Å². The normalized spacial score (nSPS) is 16.3. The Hall–Kier alpha value is -2.04. The molecule has 0 fully saturated rings. The minimum absolute atomic E-state index is 0.0538. The second-order valence-electron chi connectivity index (χ2n) is 6.19. The second kappa shape index (κ2) is 8.37. The van der Waals surface area contributed by atoms with Crippen LogP contribution in [0.4, 0.5) is 0 Å². The van der Waals surface area contributed by atoms with E-state index >= 15 is 0 Å². The zero-order valence-corrected chi connectivity index (χ0v) is 14.7. The van der Waals surface area contributed by atoms with E-state index in [1.807, 2.05) is 30.3 Å². The molecule has 0 bridgehead atoms. The van der Waals surface area contributed by atoms with Gasteiger partial charge in [0.15, 0.2) is 0 Å². The van der Waals surface area contributed by atoms with Gasteiger partial charge in [-0.1, -0.05) is 35.9 Å². The lowest BCUT2D eigenvalue weighted by atomic mass is 9.89. The van der Waals surface area contributed by atoms with Crippen molar-refractivity contribution in [2.45, 2.75) is 38.4 Å². The Kier molecular flexibility index (Phi) is 5.95. The molecule has 1 unspecified atom stereocenters. The molecule has 25 heavy (non-hydrogen) atoms. The van der Waals surface area contributed by atoms with Crippen molar-refractivity contribution in [2.75, 3.05) is 6.61 Å². The van der Waals surface area contributed by atoms with E-state index in [2.05, 4.69) is 12.1 Å². The van der Waals surface area contributed by atoms with E-state index in [9.17, 15) is 4.79 Å². The van der Waals surface area contributed by atoms with E-state index < -0.39 is 5.97 Å². The fourth-order valence-corrected chi connectivity index (χ4v) is 3.21. The number of ether oxygens (including phenoxy) is 2. The molecule has 3 rings (SSSR count). The van der Waals surface area contributed by atoms with Crippen LogP contribution in [0.3, 0.4) is 0 Å². The SMILES string of the molecule is O=C(O)CCOC1CCc2cc(OCc3ccccc3Cl)ccc2C1. The zero-order valence-electron chi connectivity index (χ0n) is 13.9. The Labute approximate surface area is 152 Å². The molecule has 0 aromatic heterocycles. The summed E-state index contributed by atoms with van der Waals surface area (Å²) in [6.07, 6.45) is 2.79. The summed E-state index contributed by atoms with van der Waals surface area (Å²) >= 11 is 6.15. The van der Waals surface area contributed by atoms with Crippen LogP contribution in [0.25, 0.3) is 0 Å². The number of aliphatic carboxylic acids is 1. The maximum Gasteiger partial charge on any atom is 0.305 e. The Balaban J connectivity index is 1.56. The number of aryl methyl sites for hydroxylation is 1. The average molecular weight is 361 g/mol. The lowest BCUT2D eigenvalue weighted by Crippen LogP contribution is -2.23. The molecule has 4 nitrogen and oxygen atoms in total. The molecule has 2 aromatic rings. The molecule has 1 aliphatic carbocycles. The van der Waals surface area contributed by atoms with E-state index in [0.717, 1.165) is 30.6 Å². The third-order valence-corrected chi connectivity index (χ3v) is 4.75. The second-order valence-corrected chi connectivity index (χ2v) is 6.60. The molecule has 1 atom stereocenters. The summed E-state index contributed by atoms with van der Waals surface area (Å²) in [7, 11) is 0. The first-order valence-corrected chi connectivity index (χ1v) is 8.81. The largest absolute Gasteiger partial charge is 0.489 e. The molecule has 0 spiro atoms. The highest BCUT2D eigenvalue weighted by Gasteiger charge is 2.20. The molecule has 0 radical (unpaired) electrons. The third-order valence-electron chi connectivity index (χ3n) is 4.38. The quantitative estimate of drug-likeness (QED) is 0.801. The van der Waals surface area contributed by atoms with Gasteiger partial charge >= 0.3 is 5.97 Å². The van der Waals surface area contributed by atoms with Crippen LogP contribution in [0.15, 0.2) is 42.5 Å². The number of fused-ring (bicyclic) bond motifs is 1. The van der Waals surface area contributed by atoms with Crippen molar-refractivity contribution >= 4 is 17.6 Å². The van der Waals surface area contributed by atoms with Gasteiger partial charge in [-0.2, -0.15) is 0 Å². The van der Waals surface area contributed by atoms with Crippen molar-refractivity contribution in [1.29, 1.82) is 0 Å². The van der Waals surface area contributed by atoms with Gasteiger partial charge in [0.1, 0.15) is 12.4 Å². The van der Waals surface area contributed by atoms with Crippen LogP contribution in [0.5, 0.6) is 5.75 Å². The van der Waals surface area contributed by atoms with Crippen LogP contribution in [0, 0.1) is 0 Å². The first kappa shape index (κ1) is 17.8. The summed E-state index contributed by atoms with van der Waals surface area (Å²) in [5.41, 5.74) is 3.49. The highest BCUT2D eigenvalue weighted by molar-refractivity contribution is 6.31. The fraction of sp³-hybridized carbons (Fsp3) is 0.350. The van der Waals surface area contributed by atoms with Gasteiger partial charge in [0.25, 0.3) is 0 Å². The molecule has 0 saturated heterocycles. The number of carboxylic acids is 1. The van der Waals surface area contributed by atoms with Crippen molar-refractivity contribution in [1.82, 2.24) is 0 Å². The van der Waals surface area contributed by atoms with E-state index in [-0.39, 0.29) is 19.1 Å². The van der Waals surface area contributed by atoms with Crippen molar-refractivity contribution < 1.29 is 19.4 Å². The van der Waals surface area contributed by atoms with Gasteiger partial charge in [0, 0.05) is 10.6 Å². The molecule has 5 heteroatoms. The number of carboxylic acid groups (broad SMARTS) is 1. The van der Waals surface area contributed by atoms with Crippen LogP contribution in [-0.2, 0) is 29.0 Å². The molecule has 0 heterocycles. The summed E-state index contributed by atoms with van der Waals surface area (Å²) in [4.78, 5) is 10.6. The van der Waals surface area contributed by atoms with Gasteiger partial charge in [-0.05, 0) is 48.6 Å². The Morgan fingerprint density at radius 2 is 2.04 bits per heavy atom. The molecule has 1 aliphatic rings. The fourth-order valence-electron chi connectivity index (χ4n) is 3.02. The standard InChI is InChI=1S/C20H21ClO4/c21-19-4-2-1-3-16(19)13-25-18-8-6-14-11-17(7-5-15(14)12-18)24-10-9-20(22)23/h1-4,6,8,12,17H,5,7,9-11,13H2,(H,22,23). The summed E-state index contributed by atoms with van der Waals surface area (Å²) < 4.78 is 11.5. The summed E-state index contributed by atoms with van der Waals surface area (Å²) in [5.74, 6) is 0.0143. The number of halogens is 1. The molecule has 132 valence electrons. The van der Waals surface area contributed by atoms with Crippen molar-refractivity contribution in [3.05, 3.63) is 64.2 Å². The first-order valence-electron chi connectivity index (χ1n) is 8.43. The predicted octanol–water partition coefficient (Wildman–Crippen LogP) is 4.27. The van der Waals surface area contributed by atoms with Gasteiger partial charge in [-0.15, -0.1) is 0 Å². The van der Waals surface area contributed by atoms with Crippen LogP contribution < -0.4 is 4.74 Å². The number of carbonyl (C=O) groups is 1. The topological polar surface area (TPSA) is 55.8 Å². The summed E-state index contributed by atoms with van der Waals surface area (Å²) in [6.45, 7) is 0.716. The molecule has 0 saturated carbocycles. The van der Waals surface area contributed by atoms with E-state index in [1.54, 1.807) is 0 Å². The molecular weight excluding hydrogens is 340 g/mol. The van der Waals surface area contributed by atoms with Crippen molar-refractivity contribution in [2.24, 2.45) is 0 Å². The van der Waals surface area contributed by atoms with Crippen LogP contribution >= 0.6 is 11.6 Å². The lowest BCUT2D eigenvalue weighted by Gasteiger charge is -2.25. The lowest BCUT2D eigenvalue weighted by molar-refractivity contribution is -0.138. The molecule has 0 amide bonds. The van der Waals surface area contributed by atoms with Crippen LogP contribution in [0.2, 0.25) is 5.02 Å². The number of rotatable bonds is 7. The average Bonchev–Trinajstić information content (AvgIpc) is 2.60. The first-order chi connectivity index (χ1) is 12.1. The van der Waals surface area contributed by atoms with E-state index in [4.69, 9.17) is 26.2 Å². The van der Waals surface area contributed by atoms with Gasteiger partial charge in [0.2, 0.25) is 0 Å². The maximum absolute atomic E-state index is 10.6. The van der Waals surface area contributed by atoms with Crippen molar-refractivity contribution in [3.8, 4) is 5.75 Å². The molecular formula is C20H21ClO4. The van der Waals surface area contributed by atoms with E-state index in [0.29, 0.717) is 11.6 Å². The van der Waals surface area contributed by atoms with Gasteiger partial charge in [0.05, 0.1) is 19.1 Å². The van der Waals surface area contributed by atoms with Crippen molar-refractivity contribution in [3.63, 3.8) is 0 Å². The smallest absolute Gasteiger partial charge is 0.305 e. The highest BCUT2D eigenvalue weighted by atomic mass is 35.5. The minimum Gasteiger partial charge on any atom is -0.489 e. The zero-order chi connectivity index (χ0) is 17.6. The Morgan fingerprint density at radius 1 is 1.20 bits per heavy atom. The Morgan fingerprint density at radius 3 is 2.84 bits per heavy atom. The maximum atomic E-state index is 10.6. The van der Waals surface area contributed by atoms with Gasteiger partial charge in [-0.25, -0.2) is 0 Å². The number of hydrogen-bond acceptors (Lipinski definition) is 3. The van der Waals surface area contributed by atoms with Gasteiger partial charge < -0.3 is 14.6 Å². The minimum atomic E-state index is -0.823. The monoisotopic (exact) mass is 360 g/mol. The molecule has 2 aromatic carbocycles. The van der Waals surface area contributed by atoms with E-state index in [1.165, 1.54) is 11.1 Å². The number of hydrogen-bond donors (Lipinski definition) is 1. The third kappa shape index (κ3) is 4.97.